The van der Waals surface area contributed by atoms with Crippen molar-refractivity contribution in [2.75, 3.05) is 5.32 Å². The molecule has 0 spiro atoms. The molecule has 1 aromatic rings. The van der Waals surface area contributed by atoms with Crippen molar-refractivity contribution >= 4 is 23.3 Å². The molecule has 0 unspecified atom stereocenters. The first-order chi connectivity index (χ1) is 5.09. The van der Waals surface area contributed by atoms with E-state index in [-0.39, 0.29) is 11.0 Å². The Balaban J connectivity index is 2.81. The van der Waals surface area contributed by atoms with Gasteiger partial charge in [-0.25, -0.2) is 0 Å². The van der Waals surface area contributed by atoms with Gasteiger partial charge in [-0.3, -0.25) is 0 Å². The molecule has 0 aliphatic heterocycles. The molecule has 1 rings (SSSR count). The number of nitrogens with zero attached hydrogens (tertiary/aromatic N) is 1. The van der Waals surface area contributed by atoms with Crippen molar-refractivity contribution in [2.45, 2.75) is 6.92 Å². The second-order valence-corrected chi connectivity index (χ2v) is 2.46. The number of nitrogens with one attached hydrogen (secondary N) is 2. The van der Waals surface area contributed by atoms with E-state index in [1.54, 1.807) is 6.92 Å². The molecule has 0 bridgehead atoms. The minimum Gasteiger partial charge on any atom is -0.492 e. The van der Waals surface area contributed by atoms with Crippen LogP contribution in [0, 0.1) is 6.92 Å². The van der Waals surface area contributed by atoms with Crippen LogP contribution in [-0.2, 0) is 0 Å². The Bertz CT molecular complexity index is 263. The van der Waals surface area contributed by atoms with Crippen molar-refractivity contribution in [1.82, 2.24) is 9.97 Å². The second kappa shape index (κ2) is 2.75. The average Bonchev–Trinajstić information content (AvgIpc) is 2.10. The summed E-state index contributed by atoms with van der Waals surface area (Å²) in [5.41, 5.74) is 5.74. The SMILES string of the molecule is Cc1[nH]c(NC(N)=S)nc1O. The molecule has 5 N–H and O–H groups in total. The van der Waals surface area contributed by atoms with Gasteiger partial charge in [0.15, 0.2) is 5.11 Å². The number of thiocarbonyl (C=S) groups is 1. The fourth-order valence-electron chi connectivity index (χ4n) is 0.627. The number of nitrogens with two attached hydrogens (primary N) is 1. The lowest BCUT2D eigenvalue weighted by molar-refractivity contribution is 0.452. The number of imidazole rings is 1. The monoisotopic (exact) mass is 172 g/mol. The van der Waals surface area contributed by atoms with Gasteiger partial charge in [0, 0.05) is 0 Å². The van der Waals surface area contributed by atoms with Crippen LogP contribution in [0.25, 0.3) is 0 Å². The van der Waals surface area contributed by atoms with Crippen molar-refractivity contribution in [1.29, 1.82) is 0 Å². The zero-order valence-corrected chi connectivity index (χ0v) is 6.70. The summed E-state index contributed by atoms with van der Waals surface area (Å²) in [5, 5.41) is 11.6. The Kier molecular flexibility index (Phi) is 1.95. The van der Waals surface area contributed by atoms with Crippen LogP contribution in [0.2, 0.25) is 0 Å². The van der Waals surface area contributed by atoms with E-state index in [2.05, 4.69) is 27.5 Å². The number of aromatic hydroxyl groups is 1. The lowest BCUT2D eigenvalue weighted by Crippen LogP contribution is -2.19. The van der Waals surface area contributed by atoms with Crippen molar-refractivity contribution in [3.05, 3.63) is 5.69 Å². The number of hydrogen-bond acceptors (Lipinski definition) is 3. The highest BCUT2D eigenvalue weighted by Crippen LogP contribution is 2.13. The predicted octanol–water partition coefficient (Wildman–Crippen LogP) is 0.0792. The van der Waals surface area contributed by atoms with Gasteiger partial charge in [-0.05, 0) is 19.1 Å². The highest BCUT2D eigenvalue weighted by molar-refractivity contribution is 7.80. The number of aromatic nitrogens is 2. The first-order valence-electron chi connectivity index (χ1n) is 2.91. The molecule has 0 saturated heterocycles. The molecule has 0 radical (unpaired) electrons. The molecule has 60 valence electrons. The quantitative estimate of drug-likeness (QED) is 0.451. The minimum absolute atomic E-state index is 0.0521. The molecule has 6 heteroatoms. The number of rotatable bonds is 1. The average molecular weight is 172 g/mol. The Morgan fingerprint density at radius 2 is 2.45 bits per heavy atom. The number of hydrogen-bond donors (Lipinski definition) is 4. The maximum Gasteiger partial charge on any atom is 0.233 e. The third-order valence-electron chi connectivity index (χ3n) is 1.10. The molecule has 0 atom stereocenters. The molecular weight excluding hydrogens is 164 g/mol. The number of aromatic amines is 1. The zero-order valence-electron chi connectivity index (χ0n) is 5.88. The molecule has 0 aliphatic rings. The summed E-state index contributed by atoms with van der Waals surface area (Å²) >= 11 is 4.56. The highest BCUT2D eigenvalue weighted by atomic mass is 32.1. The van der Waals surface area contributed by atoms with Gasteiger partial charge in [0.05, 0.1) is 5.69 Å². The minimum atomic E-state index is -0.0521. The van der Waals surface area contributed by atoms with Gasteiger partial charge in [0.2, 0.25) is 11.8 Å². The third-order valence-corrected chi connectivity index (χ3v) is 1.20. The summed E-state index contributed by atoms with van der Waals surface area (Å²) in [6, 6.07) is 0. The molecular formula is C5H8N4OS. The van der Waals surface area contributed by atoms with Gasteiger partial charge in [-0.2, -0.15) is 4.98 Å². The van der Waals surface area contributed by atoms with E-state index in [4.69, 9.17) is 10.8 Å². The van der Waals surface area contributed by atoms with Gasteiger partial charge in [-0.15, -0.1) is 0 Å². The predicted molar refractivity (Wildman–Crippen MR) is 45.4 cm³/mol. The smallest absolute Gasteiger partial charge is 0.233 e. The van der Waals surface area contributed by atoms with Crippen LogP contribution >= 0.6 is 12.2 Å². The van der Waals surface area contributed by atoms with Crippen molar-refractivity contribution in [2.24, 2.45) is 5.73 Å². The standard InChI is InChI=1S/C5H8N4OS/c1-2-3(10)8-5(7-2)9-4(6)11/h10H,1H3,(H4,6,7,8,9,11). The molecule has 0 saturated carbocycles. The maximum atomic E-state index is 8.99. The largest absolute Gasteiger partial charge is 0.492 e. The molecule has 11 heavy (non-hydrogen) atoms. The van der Waals surface area contributed by atoms with Crippen molar-refractivity contribution in [3.8, 4) is 5.88 Å². The van der Waals surface area contributed by atoms with Gasteiger partial charge in [0.25, 0.3) is 0 Å². The summed E-state index contributed by atoms with van der Waals surface area (Å²) in [6.45, 7) is 1.69. The zero-order chi connectivity index (χ0) is 8.43. The molecule has 0 aromatic carbocycles. The molecule has 0 amide bonds. The van der Waals surface area contributed by atoms with E-state index in [1.807, 2.05) is 0 Å². The van der Waals surface area contributed by atoms with E-state index in [1.165, 1.54) is 0 Å². The Morgan fingerprint density at radius 3 is 2.82 bits per heavy atom. The van der Waals surface area contributed by atoms with Crippen LogP contribution in [0.1, 0.15) is 5.69 Å². The van der Waals surface area contributed by atoms with E-state index in [9.17, 15) is 0 Å². The Morgan fingerprint density at radius 1 is 1.82 bits per heavy atom. The molecule has 0 aliphatic carbocycles. The lowest BCUT2D eigenvalue weighted by atomic mass is 10.5. The fraction of sp³-hybridized carbons (Fsp3) is 0.200. The van der Waals surface area contributed by atoms with Crippen molar-refractivity contribution in [3.63, 3.8) is 0 Å². The van der Waals surface area contributed by atoms with Gasteiger partial charge in [0.1, 0.15) is 0 Å². The molecule has 5 nitrogen and oxygen atoms in total. The first-order valence-corrected chi connectivity index (χ1v) is 3.32. The molecule has 1 heterocycles. The topological polar surface area (TPSA) is 87.0 Å². The fourth-order valence-corrected chi connectivity index (χ4v) is 0.724. The van der Waals surface area contributed by atoms with Crippen LogP contribution < -0.4 is 11.1 Å². The van der Waals surface area contributed by atoms with Crippen molar-refractivity contribution < 1.29 is 5.11 Å². The summed E-state index contributed by atoms with van der Waals surface area (Å²) in [7, 11) is 0. The van der Waals surface area contributed by atoms with Crippen LogP contribution in [-0.4, -0.2) is 20.2 Å². The maximum absolute atomic E-state index is 8.99. The Hall–Kier alpha value is -1.30. The number of anilines is 1. The molecule has 1 aromatic heterocycles. The number of aryl methyl sites for hydroxylation is 1. The van der Waals surface area contributed by atoms with Crippen LogP contribution in [0.4, 0.5) is 5.95 Å². The summed E-state index contributed by atoms with van der Waals surface area (Å²) in [5.74, 6) is 0.302. The van der Waals surface area contributed by atoms with Gasteiger partial charge >= 0.3 is 0 Å². The lowest BCUT2D eigenvalue weighted by Gasteiger charge is -1.95. The normalized spacial score (nSPS) is 9.55. The molecule has 0 fully saturated rings. The summed E-state index contributed by atoms with van der Waals surface area (Å²) in [6.07, 6.45) is 0. The second-order valence-electron chi connectivity index (χ2n) is 2.02. The van der Waals surface area contributed by atoms with E-state index >= 15 is 0 Å². The summed E-state index contributed by atoms with van der Waals surface area (Å²) < 4.78 is 0. The van der Waals surface area contributed by atoms with Crippen LogP contribution in [0.5, 0.6) is 5.88 Å². The Labute approximate surface area is 68.6 Å². The van der Waals surface area contributed by atoms with Crippen LogP contribution in [0.15, 0.2) is 0 Å². The highest BCUT2D eigenvalue weighted by Gasteiger charge is 2.03. The van der Waals surface area contributed by atoms with Gasteiger partial charge in [-0.1, -0.05) is 0 Å². The number of H-pyrrole nitrogens is 1. The van der Waals surface area contributed by atoms with E-state index in [0.29, 0.717) is 11.6 Å². The van der Waals surface area contributed by atoms with Gasteiger partial charge < -0.3 is 21.1 Å². The van der Waals surface area contributed by atoms with Crippen LogP contribution in [0.3, 0.4) is 0 Å². The van der Waals surface area contributed by atoms with E-state index < -0.39 is 0 Å². The third kappa shape index (κ3) is 1.81. The first kappa shape index (κ1) is 7.80. The summed E-state index contributed by atoms with van der Waals surface area (Å²) in [4.78, 5) is 6.41. The van der Waals surface area contributed by atoms with E-state index in [0.717, 1.165) is 0 Å².